The second kappa shape index (κ2) is 8.57. The number of hydrogen-bond acceptors (Lipinski definition) is 3. The van der Waals surface area contributed by atoms with Crippen LogP contribution >= 0.6 is 11.3 Å². The molecule has 1 N–H and O–H groups in total. The van der Waals surface area contributed by atoms with Crippen LogP contribution in [0.1, 0.15) is 58.9 Å². The largest absolute Gasteiger partial charge is 0.393 e. The third-order valence-corrected chi connectivity index (χ3v) is 5.96. The van der Waals surface area contributed by atoms with Gasteiger partial charge in [0.15, 0.2) is 0 Å². The van der Waals surface area contributed by atoms with Crippen molar-refractivity contribution in [2.45, 2.75) is 38.8 Å². The van der Waals surface area contributed by atoms with Crippen LogP contribution in [-0.2, 0) is 0 Å². The zero-order valence-electron chi connectivity index (χ0n) is 16.3. The van der Waals surface area contributed by atoms with Gasteiger partial charge in [0, 0.05) is 18.7 Å². The first kappa shape index (κ1) is 21.4. The van der Waals surface area contributed by atoms with Crippen LogP contribution in [-0.4, -0.2) is 36.0 Å². The molecule has 3 rings (SSSR count). The van der Waals surface area contributed by atoms with Gasteiger partial charge < -0.3 is 10.2 Å². The van der Waals surface area contributed by atoms with Crippen molar-refractivity contribution < 1.29 is 22.8 Å². The average molecular weight is 424 g/mol. The van der Waals surface area contributed by atoms with Gasteiger partial charge in [-0.2, -0.15) is 13.2 Å². The number of carbonyl (C=O) groups excluding carboxylic acids is 2. The fourth-order valence-electron chi connectivity index (χ4n) is 3.37. The van der Waals surface area contributed by atoms with Crippen LogP contribution in [0, 0.1) is 5.92 Å². The number of nitrogens with one attached hydrogen (secondary N) is 1. The summed E-state index contributed by atoms with van der Waals surface area (Å²) in [6.45, 7) is 4.05. The molecule has 2 aromatic rings. The van der Waals surface area contributed by atoms with E-state index in [1.54, 1.807) is 23.6 Å². The number of likely N-dealkylation sites (tertiary alicyclic amines) is 1. The van der Waals surface area contributed by atoms with Crippen molar-refractivity contribution in [1.82, 2.24) is 4.90 Å². The Bertz CT molecular complexity index is 875. The number of benzene rings is 1. The summed E-state index contributed by atoms with van der Waals surface area (Å²) in [5.74, 6) is -2.00. The van der Waals surface area contributed by atoms with Crippen molar-refractivity contribution in [3.8, 4) is 0 Å². The lowest BCUT2D eigenvalue weighted by molar-refractivity contribution is -0.184. The smallest absolute Gasteiger partial charge is 0.338 e. The quantitative estimate of drug-likeness (QED) is 0.701. The Labute approximate surface area is 171 Å². The van der Waals surface area contributed by atoms with E-state index in [0.29, 0.717) is 22.9 Å². The number of alkyl halides is 3. The van der Waals surface area contributed by atoms with Crippen molar-refractivity contribution in [2.75, 3.05) is 18.4 Å². The molecule has 29 heavy (non-hydrogen) atoms. The summed E-state index contributed by atoms with van der Waals surface area (Å²) in [4.78, 5) is 26.6. The lowest BCUT2D eigenvalue weighted by Crippen LogP contribution is -2.44. The number of hydrogen-bond donors (Lipinski definition) is 1. The Morgan fingerprint density at radius 1 is 1.17 bits per heavy atom. The highest BCUT2D eigenvalue weighted by atomic mass is 32.1. The van der Waals surface area contributed by atoms with E-state index in [1.165, 1.54) is 16.2 Å². The second-order valence-electron chi connectivity index (χ2n) is 7.53. The predicted molar refractivity (Wildman–Crippen MR) is 107 cm³/mol. The van der Waals surface area contributed by atoms with Gasteiger partial charge in [-0.1, -0.05) is 26.0 Å². The van der Waals surface area contributed by atoms with Crippen molar-refractivity contribution in [3.05, 3.63) is 52.4 Å². The molecule has 0 bridgehead atoms. The number of piperidine rings is 1. The summed E-state index contributed by atoms with van der Waals surface area (Å²) in [7, 11) is 0. The Morgan fingerprint density at radius 2 is 1.86 bits per heavy atom. The van der Waals surface area contributed by atoms with E-state index in [4.69, 9.17) is 0 Å². The number of amides is 2. The summed E-state index contributed by atoms with van der Waals surface area (Å²) in [6, 6.07) is 8.74. The van der Waals surface area contributed by atoms with Gasteiger partial charge in [-0.05, 0) is 47.9 Å². The molecular formula is C21H23F3N2O2S. The molecule has 2 heterocycles. The van der Waals surface area contributed by atoms with Crippen LogP contribution in [0.4, 0.5) is 18.2 Å². The van der Waals surface area contributed by atoms with E-state index in [0.717, 1.165) is 5.56 Å². The molecule has 0 saturated carbocycles. The monoisotopic (exact) mass is 424 g/mol. The minimum Gasteiger partial charge on any atom is -0.338 e. The van der Waals surface area contributed by atoms with E-state index in [2.05, 4.69) is 19.2 Å². The standard InChI is InChI=1S/C21H23F3N2O2S/c1-13(2)14-5-7-15(8-6-14)18(27)25-19-17(9-11-29-19)20(28)26-10-3-4-16(12-26)21(22,23)24/h5-9,11,13,16H,3-4,10,12H2,1-2H3,(H,25,27)/t16-/m0/s1. The van der Waals surface area contributed by atoms with E-state index in [1.807, 2.05) is 12.1 Å². The zero-order chi connectivity index (χ0) is 21.2. The minimum atomic E-state index is -4.31. The van der Waals surface area contributed by atoms with Gasteiger partial charge in [-0.3, -0.25) is 9.59 Å². The molecule has 4 nitrogen and oxygen atoms in total. The lowest BCUT2D eigenvalue weighted by atomic mass is 9.97. The van der Waals surface area contributed by atoms with E-state index in [-0.39, 0.29) is 31.0 Å². The van der Waals surface area contributed by atoms with Crippen LogP contribution in [0.2, 0.25) is 0 Å². The molecule has 0 aliphatic carbocycles. The molecule has 156 valence electrons. The molecule has 1 aromatic carbocycles. The van der Waals surface area contributed by atoms with Crippen molar-refractivity contribution in [1.29, 1.82) is 0 Å². The fraction of sp³-hybridized carbons (Fsp3) is 0.429. The molecule has 1 saturated heterocycles. The first-order chi connectivity index (χ1) is 13.7. The molecule has 0 unspecified atom stereocenters. The zero-order valence-corrected chi connectivity index (χ0v) is 17.1. The Hall–Kier alpha value is -2.35. The number of carbonyl (C=O) groups is 2. The van der Waals surface area contributed by atoms with Gasteiger partial charge in [-0.15, -0.1) is 11.3 Å². The maximum Gasteiger partial charge on any atom is 0.393 e. The highest BCUT2D eigenvalue weighted by Crippen LogP contribution is 2.34. The number of thiophene rings is 1. The first-order valence-corrected chi connectivity index (χ1v) is 10.4. The van der Waals surface area contributed by atoms with Crippen molar-refractivity contribution in [3.63, 3.8) is 0 Å². The highest BCUT2D eigenvalue weighted by molar-refractivity contribution is 7.14. The topological polar surface area (TPSA) is 49.4 Å². The number of nitrogens with zero attached hydrogens (tertiary/aromatic N) is 1. The van der Waals surface area contributed by atoms with E-state index < -0.39 is 18.0 Å². The molecule has 2 amide bonds. The predicted octanol–water partition coefficient (Wildman–Crippen LogP) is 5.54. The van der Waals surface area contributed by atoms with Crippen LogP contribution in [0.5, 0.6) is 0 Å². The van der Waals surface area contributed by atoms with E-state index in [9.17, 15) is 22.8 Å². The van der Waals surface area contributed by atoms with Gasteiger partial charge in [-0.25, -0.2) is 0 Å². The van der Waals surface area contributed by atoms with E-state index >= 15 is 0 Å². The second-order valence-corrected chi connectivity index (χ2v) is 8.44. The number of halogens is 3. The maximum absolute atomic E-state index is 13.0. The Morgan fingerprint density at radius 3 is 2.48 bits per heavy atom. The first-order valence-electron chi connectivity index (χ1n) is 9.51. The average Bonchev–Trinajstić information content (AvgIpc) is 3.15. The fourth-order valence-corrected chi connectivity index (χ4v) is 4.14. The van der Waals surface area contributed by atoms with Gasteiger partial charge in [0.25, 0.3) is 11.8 Å². The molecular weight excluding hydrogens is 401 g/mol. The summed E-state index contributed by atoms with van der Waals surface area (Å²) in [6.07, 6.45) is -3.97. The maximum atomic E-state index is 13.0. The molecule has 1 aliphatic heterocycles. The van der Waals surface area contributed by atoms with Crippen LogP contribution in [0.15, 0.2) is 35.7 Å². The third kappa shape index (κ3) is 4.98. The molecule has 0 radical (unpaired) electrons. The highest BCUT2D eigenvalue weighted by Gasteiger charge is 2.43. The molecule has 1 atom stereocenters. The van der Waals surface area contributed by atoms with Crippen molar-refractivity contribution in [2.24, 2.45) is 5.92 Å². The SMILES string of the molecule is CC(C)c1ccc(C(=O)Nc2sccc2C(=O)N2CCC[C@H](C(F)(F)F)C2)cc1. The number of anilines is 1. The van der Waals surface area contributed by atoms with Crippen molar-refractivity contribution >= 4 is 28.2 Å². The molecule has 1 fully saturated rings. The van der Waals surface area contributed by atoms with Crippen LogP contribution in [0.25, 0.3) is 0 Å². The summed E-state index contributed by atoms with van der Waals surface area (Å²) >= 11 is 1.18. The summed E-state index contributed by atoms with van der Waals surface area (Å²) < 4.78 is 39.1. The number of rotatable bonds is 4. The molecule has 8 heteroatoms. The van der Waals surface area contributed by atoms with Gasteiger partial charge in [0.05, 0.1) is 11.5 Å². The third-order valence-electron chi connectivity index (χ3n) is 5.13. The van der Waals surface area contributed by atoms with Gasteiger partial charge >= 0.3 is 6.18 Å². The van der Waals surface area contributed by atoms with Crippen LogP contribution < -0.4 is 5.32 Å². The van der Waals surface area contributed by atoms with Gasteiger partial charge in [0.1, 0.15) is 5.00 Å². The van der Waals surface area contributed by atoms with Crippen LogP contribution in [0.3, 0.4) is 0 Å². The lowest BCUT2D eigenvalue weighted by Gasteiger charge is -2.33. The molecule has 1 aromatic heterocycles. The normalized spacial score (nSPS) is 17.4. The summed E-state index contributed by atoms with van der Waals surface area (Å²) in [5, 5.41) is 4.72. The van der Waals surface area contributed by atoms with Gasteiger partial charge in [0.2, 0.25) is 0 Å². The molecule has 1 aliphatic rings. The minimum absolute atomic E-state index is 0.0346. The Balaban J connectivity index is 1.71. The summed E-state index contributed by atoms with van der Waals surface area (Å²) in [5.41, 5.74) is 1.79. The molecule has 0 spiro atoms. The Kier molecular flexibility index (Phi) is 6.31.